The number of hydrogen-bond acceptors (Lipinski definition) is 4. The molecule has 27 heavy (non-hydrogen) atoms. The second-order valence-corrected chi connectivity index (χ2v) is 6.73. The summed E-state index contributed by atoms with van der Waals surface area (Å²) in [7, 11) is 3.10. The summed E-state index contributed by atoms with van der Waals surface area (Å²) in [6.45, 7) is 11.2. The van der Waals surface area contributed by atoms with E-state index in [0.717, 1.165) is 23.2 Å². The van der Waals surface area contributed by atoms with Gasteiger partial charge in [-0.25, -0.2) is 0 Å². The number of aromatic nitrogens is 2. The molecule has 0 saturated heterocycles. The van der Waals surface area contributed by atoms with Crippen molar-refractivity contribution in [2.24, 2.45) is 0 Å². The van der Waals surface area contributed by atoms with Gasteiger partial charge in [-0.1, -0.05) is 24.6 Å². The van der Waals surface area contributed by atoms with E-state index >= 15 is 0 Å². The third-order valence-corrected chi connectivity index (χ3v) is 4.79. The number of amides is 1. The van der Waals surface area contributed by atoms with Crippen molar-refractivity contribution in [2.45, 2.75) is 53.9 Å². The quantitative estimate of drug-likeness (QED) is 0.720. The van der Waals surface area contributed by atoms with Gasteiger partial charge in [-0.3, -0.25) is 9.48 Å². The van der Waals surface area contributed by atoms with Gasteiger partial charge in [0.15, 0.2) is 6.29 Å². The molecule has 0 aliphatic heterocycles. The predicted molar refractivity (Wildman–Crippen MR) is 107 cm³/mol. The molecule has 1 heterocycles. The van der Waals surface area contributed by atoms with Crippen LogP contribution in [0, 0.1) is 20.8 Å². The van der Waals surface area contributed by atoms with Crippen LogP contribution in [-0.4, -0.2) is 42.7 Å². The molecule has 0 unspecified atom stereocenters. The first kappa shape index (κ1) is 21.1. The second-order valence-electron chi connectivity index (χ2n) is 6.73. The normalized spacial score (nSPS) is 11.3. The van der Waals surface area contributed by atoms with Gasteiger partial charge in [0.1, 0.15) is 5.69 Å². The number of methoxy groups -OCH3 is 2. The van der Waals surface area contributed by atoms with Gasteiger partial charge < -0.3 is 14.8 Å². The summed E-state index contributed by atoms with van der Waals surface area (Å²) >= 11 is 0. The van der Waals surface area contributed by atoms with E-state index in [2.05, 4.69) is 45.1 Å². The molecule has 0 fully saturated rings. The molecule has 2 aromatic rings. The van der Waals surface area contributed by atoms with Crippen molar-refractivity contribution in [3.05, 3.63) is 40.1 Å². The molecule has 0 aliphatic carbocycles. The number of ether oxygens (including phenoxy) is 2. The minimum absolute atomic E-state index is 0.158. The zero-order chi connectivity index (χ0) is 20.1. The van der Waals surface area contributed by atoms with Crippen molar-refractivity contribution < 1.29 is 14.3 Å². The van der Waals surface area contributed by atoms with Crippen LogP contribution in [0.5, 0.6) is 0 Å². The Morgan fingerprint density at radius 2 is 1.74 bits per heavy atom. The summed E-state index contributed by atoms with van der Waals surface area (Å²) in [4.78, 5) is 12.9. The van der Waals surface area contributed by atoms with Crippen LogP contribution in [0.2, 0.25) is 0 Å². The number of rotatable bonds is 8. The fourth-order valence-electron chi connectivity index (χ4n) is 3.59. The number of carbonyl (C=O) groups is 1. The average molecular weight is 373 g/mol. The maximum Gasteiger partial charge on any atom is 0.270 e. The van der Waals surface area contributed by atoms with Gasteiger partial charge in [0.2, 0.25) is 0 Å². The highest BCUT2D eigenvalue weighted by Gasteiger charge is 2.25. The molecule has 0 spiro atoms. The molecule has 1 aromatic carbocycles. The minimum Gasteiger partial charge on any atom is -0.354 e. The van der Waals surface area contributed by atoms with Crippen LogP contribution in [-0.2, 0) is 22.4 Å². The standard InChI is InChI=1S/C21H31N3O3/c1-8-16-19(18-14(4)10-13(3)11-15(18)5)23-24(9-2)20(16)21(25)22-12-17(26-6)27-7/h10-11,17H,8-9,12H2,1-7H3,(H,22,25). The van der Waals surface area contributed by atoms with Gasteiger partial charge in [-0.05, 0) is 45.2 Å². The van der Waals surface area contributed by atoms with Crippen LogP contribution in [0.4, 0.5) is 0 Å². The minimum atomic E-state index is -0.474. The lowest BCUT2D eigenvalue weighted by molar-refractivity contribution is -0.0975. The number of benzene rings is 1. The van der Waals surface area contributed by atoms with E-state index in [-0.39, 0.29) is 12.5 Å². The van der Waals surface area contributed by atoms with Gasteiger partial charge in [-0.15, -0.1) is 0 Å². The first-order valence-corrected chi connectivity index (χ1v) is 9.39. The molecule has 0 saturated carbocycles. The maximum atomic E-state index is 12.9. The van der Waals surface area contributed by atoms with Crippen molar-refractivity contribution in [2.75, 3.05) is 20.8 Å². The molecule has 1 N–H and O–H groups in total. The molecular weight excluding hydrogens is 342 g/mol. The number of aryl methyl sites for hydroxylation is 4. The van der Waals surface area contributed by atoms with E-state index in [0.29, 0.717) is 12.2 Å². The van der Waals surface area contributed by atoms with Crippen molar-refractivity contribution in [1.29, 1.82) is 0 Å². The van der Waals surface area contributed by atoms with Crippen LogP contribution in [0.15, 0.2) is 12.1 Å². The summed E-state index contributed by atoms with van der Waals surface area (Å²) in [5.41, 5.74) is 7.17. The molecule has 2 rings (SSSR count). The van der Waals surface area contributed by atoms with E-state index < -0.39 is 6.29 Å². The molecule has 1 aromatic heterocycles. The van der Waals surface area contributed by atoms with E-state index in [1.54, 1.807) is 18.9 Å². The number of nitrogens with zero attached hydrogens (tertiary/aromatic N) is 2. The van der Waals surface area contributed by atoms with Crippen LogP contribution in [0.1, 0.15) is 46.6 Å². The Morgan fingerprint density at radius 3 is 2.22 bits per heavy atom. The summed E-state index contributed by atoms with van der Waals surface area (Å²) in [5.74, 6) is -0.158. The Morgan fingerprint density at radius 1 is 1.15 bits per heavy atom. The van der Waals surface area contributed by atoms with Crippen LogP contribution >= 0.6 is 0 Å². The Bertz CT molecular complexity index is 784. The Balaban J connectivity index is 2.50. The van der Waals surface area contributed by atoms with Gasteiger partial charge >= 0.3 is 0 Å². The highest BCUT2D eigenvalue weighted by atomic mass is 16.7. The van der Waals surface area contributed by atoms with E-state index in [1.807, 2.05) is 6.92 Å². The largest absolute Gasteiger partial charge is 0.354 e. The fourth-order valence-corrected chi connectivity index (χ4v) is 3.59. The van der Waals surface area contributed by atoms with Crippen molar-refractivity contribution >= 4 is 5.91 Å². The van der Waals surface area contributed by atoms with Crippen molar-refractivity contribution in [3.63, 3.8) is 0 Å². The lowest BCUT2D eigenvalue weighted by Gasteiger charge is -2.15. The van der Waals surface area contributed by atoms with Gasteiger partial charge in [-0.2, -0.15) is 5.10 Å². The Kier molecular flexibility index (Phi) is 7.16. The third kappa shape index (κ3) is 4.39. The van der Waals surface area contributed by atoms with Crippen molar-refractivity contribution in [1.82, 2.24) is 15.1 Å². The zero-order valence-electron chi connectivity index (χ0n) is 17.5. The van der Waals surface area contributed by atoms with Gasteiger partial charge in [0.05, 0.1) is 12.2 Å². The number of nitrogens with one attached hydrogen (secondary N) is 1. The average Bonchev–Trinajstić information content (AvgIpc) is 2.99. The molecule has 0 radical (unpaired) electrons. The molecule has 0 bridgehead atoms. The summed E-state index contributed by atoms with van der Waals surface area (Å²) in [5, 5.41) is 7.71. The first-order valence-electron chi connectivity index (χ1n) is 9.39. The molecule has 6 heteroatoms. The van der Waals surface area contributed by atoms with Crippen LogP contribution < -0.4 is 5.32 Å². The molecule has 0 atom stereocenters. The molecule has 148 valence electrons. The monoisotopic (exact) mass is 373 g/mol. The molecule has 6 nitrogen and oxygen atoms in total. The number of hydrogen-bond donors (Lipinski definition) is 1. The van der Waals surface area contributed by atoms with E-state index in [4.69, 9.17) is 14.6 Å². The van der Waals surface area contributed by atoms with E-state index in [9.17, 15) is 4.79 Å². The van der Waals surface area contributed by atoms with Gasteiger partial charge in [0.25, 0.3) is 5.91 Å². The topological polar surface area (TPSA) is 65.4 Å². The summed E-state index contributed by atoms with van der Waals surface area (Å²) in [6.07, 6.45) is 0.251. The lowest BCUT2D eigenvalue weighted by atomic mass is 9.94. The molecular formula is C21H31N3O3. The second kappa shape index (κ2) is 9.15. The Labute approximate surface area is 161 Å². The zero-order valence-corrected chi connectivity index (χ0v) is 17.5. The van der Waals surface area contributed by atoms with Crippen molar-refractivity contribution in [3.8, 4) is 11.3 Å². The molecule has 1 amide bonds. The highest BCUT2D eigenvalue weighted by Crippen LogP contribution is 2.32. The first-order chi connectivity index (χ1) is 12.9. The van der Waals surface area contributed by atoms with Crippen LogP contribution in [0.3, 0.4) is 0 Å². The smallest absolute Gasteiger partial charge is 0.270 e. The maximum absolute atomic E-state index is 12.9. The number of carbonyl (C=O) groups excluding carboxylic acids is 1. The summed E-state index contributed by atoms with van der Waals surface area (Å²) in [6, 6.07) is 4.32. The SMILES string of the molecule is CCc1c(-c2c(C)cc(C)cc2C)nn(CC)c1C(=O)NCC(OC)OC. The fraction of sp³-hybridized carbons (Fsp3) is 0.524. The lowest BCUT2D eigenvalue weighted by Crippen LogP contribution is -2.35. The Hall–Kier alpha value is -2.18. The van der Waals surface area contributed by atoms with Crippen LogP contribution in [0.25, 0.3) is 11.3 Å². The summed E-state index contributed by atoms with van der Waals surface area (Å²) < 4.78 is 12.1. The molecule has 0 aliphatic rings. The highest BCUT2D eigenvalue weighted by molar-refractivity contribution is 5.96. The van der Waals surface area contributed by atoms with Gasteiger partial charge in [0, 0.05) is 31.9 Å². The third-order valence-electron chi connectivity index (χ3n) is 4.79. The van der Waals surface area contributed by atoms with E-state index in [1.165, 1.54) is 16.7 Å². The predicted octanol–water partition coefficient (Wildman–Crippen LogP) is 3.41.